The van der Waals surface area contributed by atoms with E-state index < -0.39 is 60.0 Å². The van der Waals surface area contributed by atoms with Crippen molar-refractivity contribution in [3.8, 4) is 0 Å². The molecule has 0 heterocycles. The van der Waals surface area contributed by atoms with Gasteiger partial charge in [-0.05, 0) is 12.8 Å². The predicted molar refractivity (Wildman–Crippen MR) is 102 cm³/mol. The molecule has 0 aromatic rings. The normalized spacial score (nSPS) is 14.1. The summed E-state index contributed by atoms with van der Waals surface area (Å²) >= 11 is 0. The van der Waals surface area contributed by atoms with Crippen molar-refractivity contribution in [1.82, 2.24) is 10.6 Å². The second-order valence-corrected chi connectivity index (χ2v) is 6.29. The number of ether oxygens (including phenoxy) is 4. The van der Waals surface area contributed by atoms with Crippen molar-refractivity contribution in [2.24, 2.45) is 0 Å². The number of rotatable bonds is 13. The first-order chi connectivity index (χ1) is 15.0. The van der Waals surface area contributed by atoms with E-state index in [1.807, 2.05) is 0 Å². The molecule has 0 radical (unpaired) electrons. The molecule has 2 amide bonds. The van der Waals surface area contributed by atoms with E-state index in [9.17, 15) is 39.0 Å². The minimum atomic E-state index is -2.35. The van der Waals surface area contributed by atoms with Crippen molar-refractivity contribution in [3.63, 3.8) is 0 Å². The molecule has 182 valence electrons. The largest absolute Gasteiger partial charge is 0.469 e. The summed E-state index contributed by atoms with van der Waals surface area (Å²) in [4.78, 5) is 70.4. The van der Waals surface area contributed by atoms with E-state index >= 15 is 0 Å². The SMILES string of the molecule is COC(=O)CC[C@H](NC(=O)[C@@H](O)[C@H](O)C(=O)N[C@@H](CCC(=O)OC)C(=O)OC)C(=O)OC. The van der Waals surface area contributed by atoms with Crippen LogP contribution in [0.4, 0.5) is 0 Å². The maximum absolute atomic E-state index is 12.2. The van der Waals surface area contributed by atoms with Crippen molar-refractivity contribution in [2.75, 3.05) is 28.4 Å². The number of hydrogen-bond acceptors (Lipinski definition) is 12. The zero-order chi connectivity index (χ0) is 24.8. The van der Waals surface area contributed by atoms with E-state index in [2.05, 4.69) is 29.6 Å². The number of hydrogen-bond donors (Lipinski definition) is 4. The van der Waals surface area contributed by atoms with Gasteiger partial charge in [0.2, 0.25) is 0 Å². The number of carbonyl (C=O) groups is 6. The molecule has 0 aromatic carbocycles. The Bertz CT molecular complexity index is 637. The van der Waals surface area contributed by atoms with Gasteiger partial charge in [-0.1, -0.05) is 0 Å². The highest BCUT2D eigenvalue weighted by Crippen LogP contribution is 2.06. The fraction of sp³-hybridized carbons (Fsp3) is 0.667. The smallest absolute Gasteiger partial charge is 0.328 e. The average molecular weight is 464 g/mol. The van der Waals surface area contributed by atoms with Crippen LogP contribution in [0.15, 0.2) is 0 Å². The van der Waals surface area contributed by atoms with Crippen molar-refractivity contribution in [3.05, 3.63) is 0 Å². The Kier molecular flexibility index (Phi) is 13.2. The summed E-state index contributed by atoms with van der Waals surface area (Å²) in [6.07, 6.45) is -5.71. The van der Waals surface area contributed by atoms with Gasteiger partial charge in [0.15, 0.2) is 12.2 Å². The van der Waals surface area contributed by atoms with E-state index in [0.717, 1.165) is 28.4 Å². The van der Waals surface area contributed by atoms with Gasteiger partial charge in [-0.3, -0.25) is 19.2 Å². The van der Waals surface area contributed by atoms with Crippen LogP contribution in [0, 0.1) is 0 Å². The van der Waals surface area contributed by atoms with Crippen LogP contribution < -0.4 is 10.6 Å². The first kappa shape index (κ1) is 28.7. The Morgan fingerprint density at radius 1 is 0.625 bits per heavy atom. The van der Waals surface area contributed by atoms with Crippen LogP contribution in [0.5, 0.6) is 0 Å². The second kappa shape index (κ2) is 14.7. The third-order valence-corrected chi connectivity index (χ3v) is 4.17. The minimum absolute atomic E-state index is 0.238. The monoisotopic (exact) mass is 464 g/mol. The molecular formula is C18H28N2O12. The predicted octanol–water partition coefficient (Wildman–Crippen LogP) is -3.07. The van der Waals surface area contributed by atoms with Crippen molar-refractivity contribution in [2.45, 2.75) is 50.0 Å². The molecule has 14 nitrogen and oxygen atoms in total. The highest BCUT2D eigenvalue weighted by atomic mass is 16.5. The van der Waals surface area contributed by atoms with Crippen molar-refractivity contribution in [1.29, 1.82) is 0 Å². The molecule has 0 fully saturated rings. The Labute approximate surface area is 183 Å². The van der Waals surface area contributed by atoms with E-state index in [0.29, 0.717) is 0 Å². The summed E-state index contributed by atoms with van der Waals surface area (Å²) in [7, 11) is 4.30. The standard InChI is InChI=1S/C18H28N2O12/c1-29-11(21)7-5-9(17(27)31-3)19-15(25)13(23)14(24)16(26)20-10(18(28)32-4)6-8-12(22)30-2/h9-10,13-14,23-24H,5-8H2,1-4H3,(H,19,25)(H,20,26)/t9-,10-,13-,14-/m0/s1. The van der Waals surface area contributed by atoms with Crippen molar-refractivity contribution < 1.29 is 57.9 Å². The number of nitrogens with one attached hydrogen (secondary N) is 2. The van der Waals surface area contributed by atoms with Gasteiger partial charge >= 0.3 is 23.9 Å². The lowest BCUT2D eigenvalue weighted by molar-refractivity contribution is -0.153. The summed E-state index contributed by atoms with van der Waals surface area (Å²) in [5.41, 5.74) is 0. The molecule has 0 aliphatic heterocycles. The Hall–Kier alpha value is -3.26. The van der Waals surface area contributed by atoms with Gasteiger partial charge in [0.05, 0.1) is 28.4 Å². The lowest BCUT2D eigenvalue weighted by Gasteiger charge is -2.22. The highest BCUT2D eigenvalue weighted by Gasteiger charge is 2.35. The zero-order valence-corrected chi connectivity index (χ0v) is 18.1. The minimum Gasteiger partial charge on any atom is -0.469 e. The third kappa shape index (κ3) is 9.70. The highest BCUT2D eigenvalue weighted by molar-refractivity contribution is 5.94. The molecule has 0 aliphatic rings. The van der Waals surface area contributed by atoms with Gasteiger partial charge in [0, 0.05) is 12.8 Å². The van der Waals surface area contributed by atoms with Crippen LogP contribution in [-0.4, -0.2) is 98.6 Å². The molecule has 0 aromatic heterocycles. The van der Waals surface area contributed by atoms with Crippen LogP contribution in [0.25, 0.3) is 0 Å². The Morgan fingerprint density at radius 3 is 1.19 bits per heavy atom. The zero-order valence-electron chi connectivity index (χ0n) is 18.1. The van der Waals surface area contributed by atoms with Crippen molar-refractivity contribution >= 4 is 35.7 Å². The summed E-state index contributed by atoms with van der Waals surface area (Å²) < 4.78 is 17.9. The average Bonchev–Trinajstić information content (AvgIpc) is 2.80. The summed E-state index contributed by atoms with van der Waals surface area (Å²) in [6, 6.07) is -2.75. The molecule has 0 saturated heterocycles. The fourth-order valence-electron chi connectivity index (χ4n) is 2.31. The Morgan fingerprint density at radius 2 is 0.938 bits per heavy atom. The van der Waals surface area contributed by atoms with Gasteiger partial charge < -0.3 is 39.8 Å². The number of carbonyl (C=O) groups excluding carboxylic acids is 6. The first-order valence-electron chi connectivity index (χ1n) is 9.28. The lowest BCUT2D eigenvalue weighted by Crippen LogP contribution is -2.55. The van der Waals surface area contributed by atoms with Crippen LogP contribution in [-0.2, 0) is 47.7 Å². The van der Waals surface area contributed by atoms with Crippen LogP contribution in [0.2, 0.25) is 0 Å². The van der Waals surface area contributed by atoms with E-state index in [4.69, 9.17) is 0 Å². The van der Waals surface area contributed by atoms with Gasteiger partial charge in [-0.25, -0.2) is 9.59 Å². The quantitative estimate of drug-likeness (QED) is 0.158. The molecule has 0 rings (SSSR count). The number of aliphatic hydroxyl groups is 2. The van der Waals surface area contributed by atoms with Gasteiger partial charge in [0.1, 0.15) is 12.1 Å². The number of aliphatic hydroxyl groups excluding tert-OH is 2. The molecule has 0 unspecified atom stereocenters. The summed E-state index contributed by atoms with van der Waals surface area (Å²) in [5.74, 6) is -5.87. The molecule has 0 saturated carbocycles. The van der Waals surface area contributed by atoms with Gasteiger partial charge in [-0.15, -0.1) is 0 Å². The molecular weight excluding hydrogens is 436 g/mol. The fourth-order valence-corrected chi connectivity index (χ4v) is 2.31. The molecule has 4 atom stereocenters. The number of methoxy groups -OCH3 is 4. The third-order valence-electron chi connectivity index (χ3n) is 4.17. The Balaban J connectivity index is 5.12. The maximum atomic E-state index is 12.2. The molecule has 0 bridgehead atoms. The molecule has 4 N–H and O–H groups in total. The van der Waals surface area contributed by atoms with E-state index in [1.165, 1.54) is 0 Å². The topological polar surface area (TPSA) is 204 Å². The molecule has 14 heteroatoms. The molecule has 0 spiro atoms. The lowest BCUT2D eigenvalue weighted by atomic mass is 10.1. The van der Waals surface area contributed by atoms with Crippen LogP contribution >= 0.6 is 0 Å². The van der Waals surface area contributed by atoms with E-state index in [-0.39, 0.29) is 25.7 Å². The number of amides is 2. The summed E-state index contributed by atoms with van der Waals surface area (Å²) in [6.45, 7) is 0. The molecule has 32 heavy (non-hydrogen) atoms. The molecule has 0 aliphatic carbocycles. The van der Waals surface area contributed by atoms with Crippen LogP contribution in [0.1, 0.15) is 25.7 Å². The maximum Gasteiger partial charge on any atom is 0.328 e. The second-order valence-electron chi connectivity index (χ2n) is 6.29. The first-order valence-corrected chi connectivity index (χ1v) is 9.28. The summed E-state index contributed by atoms with van der Waals surface area (Å²) in [5, 5.41) is 24.1. The van der Waals surface area contributed by atoms with Gasteiger partial charge in [-0.2, -0.15) is 0 Å². The van der Waals surface area contributed by atoms with Gasteiger partial charge in [0.25, 0.3) is 11.8 Å². The van der Waals surface area contributed by atoms with Crippen LogP contribution in [0.3, 0.4) is 0 Å². The number of esters is 4. The van der Waals surface area contributed by atoms with E-state index in [1.54, 1.807) is 0 Å².